The van der Waals surface area contributed by atoms with Gasteiger partial charge < -0.3 is 33.8 Å². The van der Waals surface area contributed by atoms with E-state index in [0.717, 1.165) is 102 Å². The molecular weight excluding hydrogens is 1190 g/mol. The first-order valence-corrected chi connectivity index (χ1v) is 40.0. The van der Waals surface area contributed by atoms with Crippen molar-refractivity contribution in [3.8, 4) is 0 Å². The number of carbonyl (C=O) groups is 4. The Kier molecular flexibility index (Phi) is 61.8. The van der Waals surface area contributed by atoms with Crippen molar-refractivity contribution in [2.75, 3.05) is 39.6 Å². The summed E-state index contributed by atoms with van der Waals surface area (Å²) < 4.78 is 68.2. The lowest BCUT2D eigenvalue weighted by Crippen LogP contribution is -2.30. The fraction of sp³-hybridized carbons (Fsp3) is 0.944. The van der Waals surface area contributed by atoms with E-state index in [4.69, 9.17) is 37.0 Å². The smallest absolute Gasteiger partial charge is 0.462 e. The van der Waals surface area contributed by atoms with Gasteiger partial charge >= 0.3 is 39.5 Å². The van der Waals surface area contributed by atoms with E-state index in [1.165, 1.54) is 173 Å². The SMILES string of the molecule is CCCCCCCCCCCCCCCCCCCCCCCCC(=O)O[C@H](COC(=O)CCCCCCCCC(C)CC)COP(=O)(O)OC[C@@H](O)COP(=O)(O)OC[C@@H](COC(=O)CCCCCCCCCCC)OC(=O)CCCCCCCCC(C)C. The maximum Gasteiger partial charge on any atom is 0.472 e. The van der Waals surface area contributed by atoms with Crippen LogP contribution in [0.25, 0.3) is 0 Å². The molecule has 0 heterocycles. The van der Waals surface area contributed by atoms with Crippen molar-refractivity contribution >= 4 is 39.5 Å². The quantitative estimate of drug-likeness (QED) is 0.0222. The predicted octanol–water partition coefficient (Wildman–Crippen LogP) is 20.4. The number of rotatable bonds is 70. The molecule has 3 N–H and O–H groups in total. The molecule has 0 radical (unpaired) electrons. The number of phosphoric acid groups is 2. The Labute approximate surface area is 549 Å². The van der Waals surface area contributed by atoms with E-state index in [-0.39, 0.29) is 25.7 Å². The number of ether oxygens (including phenoxy) is 4. The van der Waals surface area contributed by atoms with Gasteiger partial charge in [0.1, 0.15) is 19.3 Å². The number of aliphatic hydroxyl groups is 1. The lowest BCUT2D eigenvalue weighted by molar-refractivity contribution is -0.161. The fourth-order valence-corrected chi connectivity index (χ4v) is 12.3. The molecule has 0 aliphatic heterocycles. The molecule has 0 saturated carbocycles. The second kappa shape index (κ2) is 63.1. The Morgan fingerprint density at radius 2 is 0.567 bits per heavy atom. The van der Waals surface area contributed by atoms with Crippen LogP contribution in [0.5, 0.6) is 0 Å². The highest BCUT2D eigenvalue weighted by molar-refractivity contribution is 7.47. The summed E-state index contributed by atoms with van der Waals surface area (Å²) in [6, 6.07) is 0. The van der Waals surface area contributed by atoms with E-state index in [9.17, 15) is 43.2 Å². The van der Waals surface area contributed by atoms with Gasteiger partial charge in [-0.2, -0.15) is 0 Å². The van der Waals surface area contributed by atoms with Crippen molar-refractivity contribution in [2.45, 2.75) is 381 Å². The molecule has 3 unspecified atom stereocenters. The molecule has 534 valence electrons. The summed E-state index contributed by atoms with van der Waals surface area (Å²) in [5, 5.41) is 10.6. The van der Waals surface area contributed by atoms with E-state index >= 15 is 0 Å². The minimum absolute atomic E-state index is 0.102. The van der Waals surface area contributed by atoms with Crippen LogP contribution in [0, 0.1) is 11.8 Å². The molecule has 0 aromatic heterocycles. The summed E-state index contributed by atoms with van der Waals surface area (Å²) in [5.74, 6) is -0.732. The monoisotopic (exact) mass is 1320 g/mol. The lowest BCUT2D eigenvalue weighted by Gasteiger charge is -2.21. The number of hydrogen-bond acceptors (Lipinski definition) is 15. The van der Waals surface area contributed by atoms with Crippen LogP contribution >= 0.6 is 15.6 Å². The molecular formula is C71H138O17P2. The average molecular weight is 1330 g/mol. The minimum Gasteiger partial charge on any atom is -0.462 e. The van der Waals surface area contributed by atoms with Crippen LogP contribution in [0.2, 0.25) is 0 Å². The minimum atomic E-state index is -4.95. The molecule has 0 amide bonds. The Morgan fingerprint density at radius 3 is 0.844 bits per heavy atom. The van der Waals surface area contributed by atoms with Crippen molar-refractivity contribution in [1.29, 1.82) is 0 Å². The van der Waals surface area contributed by atoms with E-state index in [1.54, 1.807) is 0 Å². The van der Waals surface area contributed by atoms with Crippen LogP contribution in [0.4, 0.5) is 0 Å². The van der Waals surface area contributed by atoms with Gasteiger partial charge in [-0.15, -0.1) is 0 Å². The number of phosphoric ester groups is 2. The molecule has 17 nitrogen and oxygen atoms in total. The fourth-order valence-electron chi connectivity index (χ4n) is 10.7. The Balaban J connectivity index is 5.11. The van der Waals surface area contributed by atoms with Gasteiger partial charge in [-0.25, -0.2) is 9.13 Å². The highest BCUT2D eigenvalue weighted by atomic mass is 31.2. The third-order valence-electron chi connectivity index (χ3n) is 16.8. The van der Waals surface area contributed by atoms with Gasteiger partial charge in [-0.1, -0.05) is 311 Å². The molecule has 0 aromatic carbocycles. The zero-order valence-electron chi connectivity index (χ0n) is 58.4. The van der Waals surface area contributed by atoms with Crippen LogP contribution < -0.4 is 0 Å². The number of esters is 4. The normalized spacial score (nSPS) is 14.4. The van der Waals surface area contributed by atoms with Crippen LogP contribution in [0.15, 0.2) is 0 Å². The molecule has 6 atom stereocenters. The zero-order chi connectivity index (χ0) is 66.5. The second-order valence-electron chi connectivity index (χ2n) is 26.3. The van der Waals surface area contributed by atoms with E-state index in [0.29, 0.717) is 31.6 Å². The van der Waals surface area contributed by atoms with Gasteiger partial charge in [0.25, 0.3) is 0 Å². The maximum atomic E-state index is 13.0. The number of carbonyl (C=O) groups excluding carboxylic acids is 4. The van der Waals surface area contributed by atoms with E-state index in [1.807, 2.05) is 0 Å². The summed E-state index contributed by atoms with van der Waals surface area (Å²) >= 11 is 0. The van der Waals surface area contributed by atoms with E-state index in [2.05, 4.69) is 41.5 Å². The van der Waals surface area contributed by atoms with Crippen LogP contribution in [0.1, 0.15) is 363 Å². The van der Waals surface area contributed by atoms with Gasteiger partial charge in [0.15, 0.2) is 12.2 Å². The van der Waals surface area contributed by atoms with E-state index < -0.39 is 97.5 Å². The molecule has 0 aliphatic rings. The maximum absolute atomic E-state index is 13.0. The Bertz CT molecular complexity index is 1750. The molecule has 0 fully saturated rings. The van der Waals surface area contributed by atoms with Crippen LogP contribution in [-0.2, 0) is 65.4 Å². The highest BCUT2D eigenvalue weighted by Crippen LogP contribution is 2.45. The molecule has 0 saturated heterocycles. The van der Waals surface area contributed by atoms with Crippen LogP contribution in [0.3, 0.4) is 0 Å². The second-order valence-corrected chi connectivity index (χ2v) is 29.3. The lowest BCUT2D eigenvalue weighted by atomic mass is 10.00. The third kappa shape index (κ3) is 63.5. The largest absolute Gasteiger partial charge is 0.472 e. The van der Waals surface area contributed by atoms with Crippen molar-refractivity contribution in [2.24, 2.45) is 11.8 Å². The molecule has 0 aromatic rings. The summed E-state index contributed by atoms with van der Waals surface area (Å²) in [5.41, 5.74) is 0. The predicted molar refractivity (Wildman–Crippen MR) is 363 cm³/mol. The Hall–Kier alpha value is -1.94. The van der Waals surface area contributed by atoms with Gasteiger partial charge in [-0.3, -0.25) is 37.3 Å². The van der Waals surface area contributed by atoms with Crippen molar-refractivity contribution in [3.05, 3.63) is 0 Å². The zero-order valence-corrected chi connectivity index (χ0v) is 60.2. The molecule has 90 heavy (non-hydrogen) atoms. The topological polar surface area (TPSA) is 237 Å². The molecule has 0 bridgehead atoms. The number of unbranched alkanes of at least 4 members (excludes halogenated alkanes) is 39. The van der Waals surface area contributed by atoms with Gasteiger partial charge in [0.2, 0.25) is 0 Å². The Morgan fingerprint density at radius 1 is 0.322 bits per heavy atom. The van der Waals surface area contributed by atoms with Crippen LogP contribution in [-0.4, -0.2) is 96.7 Å². The molecule has 0 rings (SSSR count). The first kappa shape index (κ1) is 88.1. The highest BCUT2D eigenvalue weighted by Gasteiger charge is 2.30. The van der Waals surface area contributed by atoms with Crippen molar-refractivity contribution < 1.29 is 80.2 Å². The summed E-state index contributed by atoms with van der Waals surface area (Å²) in [7, 11) is -9.90. The average Bonchev–Trinajstić information content (AvgIpc) is 3.67. The summed E-state index contributed by atoms with van der Waals surface area (Å²) in [4.78, 5) is 72.4. The summed E-state index contributed by atoms with van der Waals surface area (Å²) in [6.45, 7) is 9.39. The standard InChI is InChI=1S/C71H138O17P2/c1-7-10-12-14-16-18-19-20-21-22-23-24-25-26-27-28-29-30-32-34-43-49-55-70(75)87-66(60-82-69(74)54-48-42-38-36-40-46-52-64(6)9-3)61-85-89(77,78)83-57-65(72)58-84-90(79,80)86-62-67(88-71(76)56-50-44-37-35-39-45-51-63(4)5)59-81-68(73)53-47-41-33-31-17-15-13-11-8-2/h63-67,72H,7-62H2,1-6H3,(H,77,78)(H,79,80)/t64?,65-,66-,67-/m1/s1. The van der Waals surface area contributed by atoms with Crippen molar-refractivity contribution in [3.63, 3.8) is 0 Å². The molecule has 0 spiro atoms. The third-order valence-corrected chi connectivity index (χ3v) is 18.7. The molecule has 19 heteroatoms. The molecule has 0 aliphatic carbocycles. The summed E-state index contributed by atoms with van der Waals surface area (Å²) in [6.07, 6.45) is 49.1. The number of aliphatic hydroxyl groups excluding tert-OH is 1. The first-order valence-electron chi connectivity index (χ1n) is 37.0. The van der Waals surface area contributed by atoms with Gasteiger partial charge in [0, 0.05) is 25.7 Å². The first-order chi connectivity index (χ1) is 43.4. The number of hydrogen-bond donors (Lipinski definition) is 3. The van der Waals surface area contributed by atoms with Gasteiger partial charge in [-0.05, 0) is 37.5 Å². The van der Waals surface area contributed by atoms with Gasteiger partial charge in [0.05, 0.1) is 26.4 Å². The van der Waals surface area contributed by atoms with Crippen molar-refractivity contribution in [1.82, 2.24) is 0 Å².